The van der Waals surface area contributed by atoms with Crippen molar-refractivity contribution in [2.24, 2.45) is 5.92 Å². The van der Waals surface area contributed by atoms with Crippen molar-refractivity contribution in [2.75, 3.05) is 0 Å². The fourth-order valence-electron chi connectivity index (χ4n) is 4.98. The monoisotopic (exact) mass is 441 g/mol. The molecule has 172 valence electrons. The molecule has 33 heavy (non-hydrogen) atoms. The van der Waals surface area contributed by atoms with E-state index in [4.69, 9.17) is 4.74 Å². The second-order valence-corrected chi connectivity index (χ2v) is 9.34. The number of esters is 1. The van der Waals surface area contributed by atoms with Crippen molar-refractivity contribution in [3.63, 3.8) is 0 Å². The molecule has 3 heteroatoms. The zero-order valence-corrected chi connectivity index (χ0v) is 19.9. The van der Waals surface area contributed by atoms with Gasteiger partial charge in [-0.15, -0.1) is 0 Å². The molecule has 1 fully saturated rings. The summed E-state index contributed by atoms with van der Waals surface area (Å²) in [6, 6.07) is 19.8. The summed E-state index contributed by atoms with van der Waals surface area (Å²) in [5.74, 6) is 1.82. The SMILES string of the molecule is CCCc1ccc(-c2ccc(C(=O)Oc3ccc(C4CCC(CCC)CC4)cc3)cc2)nc1. The van der Waals surface area contributed by atoms with Crippen LogP contribution in [-0.4, -0.2) is 11.0 Å². The van der Waals surface area contributed by atoms with Crippen LogP contribution in [0.4, 0.5) is 0 Å². The van der Waals surface area contributed by atoms with E-state index in [0.717, 1.165) is 30.0 Å². The minimum atomic E-state index is -0.333. The highest BCUT2D eigenvalue weighted by Gasteiger charge is 2.22. The molecule has 0 spiro atoms. The minimum absolute atomic E-state index is 0.333. The fraction of sp³-hybridized carbons (Fsp3) is 0.400. The highest BCUT2D eigenvalue weighted by molar-refractivity contribution is 5.91. The van der Waals surface area contributed by atoms with Gasteiger partial charge in [0.05, 0.1) is 11.3 Å². The normalized spacial score (nSPS) is 18.1. The molecule has 0 atom stereocenters. The average Bonchev–Trinajstić information content (AvgIpc) is 2.86. The molecule has 1 heterocycles. The van der Waals surface area contributed by atoms with Crippen molar-refractivity contribution in [2.45, 2.75) is 71.1 Å². The van der Waals surface area contributed by atoms with Crippen LogP contribution in [0.5, 0.6) is 5.75 Å². The Morgan fingerprint density at radius 2 is 1.61 bits per heavy atom. The standard InChI is InChI=1S/C30H35NO2/c1-3-5-22-7-10-24(11-8-22)25-16-18-28(19-17-25)33-30(32)27-14-12-26(13-15-27)29-20-9-23(6-4-2)21-31-29/h9,12-22,24H,3-8,10-11H2,1-2H3. The zero-order chi connectivity index (χ0) is 23.0. The van der Waals surface area contributed by atoms with Crippen molar-refractivity contribution in [3.05, 3.63) is 83.6 Å². The van der Waals surface area contributed by atoms with Crippen molar-refractivity contribution >= 4 is 5.97 Å². The molecule has 0 radical (unpaired) electrons. The van der Waals surface area contributed by atoms with Crippen LogP contribution in [0.3, 0.4) is 0 Å². The van der Waals surface area contributed by atoms with Crippen molar-refractivity contribution in [3.8, 4) is 17.0 Å². The lowest BCUT2D eigenvalue weighted by Gasteiger charge is -2.28. The van der Waals surface area contributed by atoms with E-state index >= 15 is 0 Å². The Bertz CT molecular complexity index is 1010. The van der Waals surface area contributed by atoms with E-state index in [1.165, 1.54) is 49.7 Å². The third kappa shape index (κ3) is 6.10. The molecular weight excluding hydrogens is 406 g/mol. The van der Waals surface area contributed by atoms with Gasteiger partial charge in [-0.1, -0.05) is 63.4 Å². The number of carbonyl (C=O) groups is 1. The van der Waals surface area contributed by atoms with Crippen LogP contribution in [0.15, 0.2) is 66.9 Å². The van der Waals surface area contributed by atoms with Gasteiger partial charge in [0.2, 0.25) is 0 Å². The van der Waals surface area contributed by atoms with Crippen LogP contribution >= 0.6 is 0 Å². The third-order valence-electron chi connectivity index (χ3n) is 6.89. The Kier molecular flexibility index (Phi) is 7.93. The van der Waals surface area contributed by atoms with E-state index in [1.807, 2.05) is 48.7 Å². The molecular formula is C30H35NO2. The molecule has 1 aromatic heterocycles. The number of nitrogens with zero attached hydrogens (tertiary/aromatic N) is 1. The number of hydrogen-bond acceptors (Lipinski definition) is 3. The maximum Gasteiger partial charge on any atom is 0.343 e. The molecule has 1 saturated carbocycles. The number of aryl methyl sites for hydroxylation is 1. The predicted molar refractivity (Wildman–Crippen MR) is 135 cm³/mol. The largest absolute Gasteiger partial charge is 0.423 e. The van der Waals surface area contributed by atoms with Gasteiger partial charge in [0.25, 0.3) is 0 Å². The summed E-state index contributed by atoms with van der Waals surface area (Å²) in [5, 5.41) is 0. The molecule has 0 amide bonds. The molecule has 1 aliphatic rings. The number of rotatable bonds is 8. The Morgan fingerprint density at radius 3 is 2.21 bits per heavy atom. The van der Waals surface area contributed by atoms with Crippen LogP contribution in [-0.2, 0) is 6.42 Å². The highest BCUT2D eigenvalue weighted by atomic mass is 16.5. The lowest BCUT2D eigenvalue weighted by atomic mass is 9.77. The molecule has 4 rings (SSSR count). The van der Waals surface area contributed by atoms with E-state index in [-0.39, 0.29) is 5.97 Å². The first-order valence-electron chi connectivity index (χ1n) is 12.5. The second kappa shape index (κ2) is 11.3. The smallest absolute Gasteiger partial charge is 0.343 e. The maximum atomic E-state index is 12.6. The van der Waals surface area contributed by atoms with Gasteiger partial charge in [0.1, 0.15) is 5.75 Å². The Morgan fingerprint density at radius 1 is 0.879 bits per heavy atom. The molecule has 0 saturated heterocycles. The first-order valence-corrected chi connectivity index (χ1v) is 12.5. The highest BCUT2D eigenvalue weighted by Crippen LogP contribution is 2.37. The van der Waals surface area contributed by atoms with Gasteiger partial charge in [0.15, 0.2) is 0 Å². The summed E-state index contributed by atoms with van der Waals surface area (Å²) in [6.45, 7) is 4.45. The van der Waals surface area contributed by atoms with E-state index < -0.39 is 0 Å². The van der Waals surface area contributed by atoms with Gasteiger partial charge < -0.3 is 4.74 Å². The summed E-state index contributed by atoms with van der Waals surface area (Å²) >= 11 is 0. The van der Waals surface area contributed by atoms with Gasteiger partial charge in [-0.25, -0.2) is 4.79 Å². The van der Waals surface area contributed by atoms with Crippen LogP contribution in [0.2, 0.25) is 0 Å². The van der Waals surface area contributed by atoms with Crippen molar-refractivity contribution < 1.29 is 9.53 Å². The molecule has 1 aliphatic carbocycles. The van der Waals surface area contributed by atoms with E-state index in [1.54, 1.807) is 0 Å². The Balaban J connectivity index is 1.33. The number of hydrogen-bond donors (Lipinski definition) is 0. The van der Waals surface area contributed by atoms with Gasteiger partial charge in [0, 0.05) is 11.8 Å². The molecule has 0 aliphatic heterocycles. The topological polar surface area (TPSA) is 39.2 Å². The van der Waals surface area contributed by atoms with E-state index in [0.29, 0.717) is 17.2 Å². The van der Waals surface area contributed by atoms with Crippen LogP contribution in [0.25, 0.3) is 11.3 Å². The van der Waals surface area contributed by atoms with E-state index in [9.17, 15) is 4.79 Å². The van der Waals surface area contributed by atoms with Crippen molar-refractivity contribution in [1.29, 1.82) is 0 Å². The molecule has 0 bridgehead atoms. The molecule has 0 unspecified atom stereocenters. The maximum absolute atomic E-state index is 12.6. The summed E-state index contributed by atoms with van der Waals surface area (Å²) in [4.78, 5) is 17.2. The number of benzene rings is 2. The minimum Gasteiger partial charge on any atom is -0.423 e. The van der Waals surface area contributed by atoms with Crippen LogP contribution < -0.4 is 4.74 Å². The number of carbonyl (C=O) groups excluding carboxylic acids is 1. The Hall–Kier alpha value is -2.94. The first-order chi connectivity index (χ1) is 16.2. The molecule has 0 N–H and O–H groups in total. The van der Waals surface area contributed by atoms with Crippen LogP contribution in [0, 0.1) is 5.92 Å². The lowest BCUT2D eigenvalue weighted by molar-refractivity contribution is 0.0734. The first kappa shape index (κ1) is 23.2. The summed E-state index contributed by atoms with van der Waals surface area (Å²) in [5.41, 5.74) is 5.06. The second-order valence-electron chi connectivity index (χ2n) is 9.34. The average molecular weight is 442 g/mol. The summed E-state index contributed by atoms with van der Waals surface area (Å²) < 4.78 is 5.63. The van der Waals surface area contributed by atoms with Gasteiger partial charge in [-0.3, -0.25) is 4.98 Å². The van der Waals surface area contributed by atoms with Crippen LogP contribution in [0.1, 0.15) is 86.2 Å². The number of pyridine rings is 1. The van der Waals surface area contributed by atoms with Crippen molar-refractivity contribution in [1.82, 2.24) is 4.98 Å². The fourth-order valence-corrected chi connectivity index (χ4v) is 4.98. The van der Waals surface area contributed by atoms with E-state index in [2.05, 4.69) is 37.0 Å². The molecule has 3 aromatic rings. The Labute approximate surface area is 198 Å². The van der Waals surface area contributed by atoms with Gasteiger partial charge in [-0.2, -0.15) is 0 Å². The summed E-state index contributed by atoms with van der Waals surface area (Å²) in [7, 11) is 0. The number of ether oxygens (including phenoxy) is 1. The lowest BCUT2D eigenvalue weighted by Crippen LogP contribution is -2.13. The zero-order valence-electron chi connectivity index (χ0n) is 19.9. The quantitative estimate of drug-likeness (QED) is 0.263. The molecule has 2 aromatic carbocycles. The van der Waals surface area contributed by atoms with Gasteiger partial charge in [-0.05, 0) is 85.4 Å². The molecule has 3 nitrogen and oxygen atoms in total. The summed E-state index contributed by atoms with van der Waals surface area (Å²) in [6.07, 6.45) is 12.0. The number of aromatic nitrogens is 1. The third-order valence-corrected chi connectivity index (χ3v) is 6.89. The predicted octanol–water partition coefficient (Wildman–Crippen LogP) is 7.99. The van der Waals surface area contributed by atoms with Gasteiger partial charge >= 0.3 is 5.97 Å².